The van der Waals surface area contributed by atoms with E-state index in [4.69, 9.17) is 14.3 Å². The number of halogens is 1. The standard InChI is InChI=1S/C16H16BrNO5/c1-10(16(20)21)18(2)15(19)14-7-6-13(23-14)9-22-12-5-3-4-11(17)8-12/h3-8,10H,9H2,1-2H3,(H,20,21). The third-order valence-corrected chi connectivity index (χ3v) is 3.80. The third kappa shape index (κ3) is 4.35. The Morgan fingerprint density at radius 2 is 2.09 bits per heavy atom. The molecule has 0 aliphatic carbocycles. The molecule has 0 saturated carbocycles. The molecule has 0 spiro atoms. The Bertz CT molecular complexity index is 712. The predicted molar refractivity (Wildman–Crippen MR) is 86.4 cm³/mol. The Labute approximate surface area is 141 Å². The minimum absolute atomic E-state index is 0.0773. The van der Waals surface area contributed by atoms with Crippen LogP contribution in [0.2, 0.25) is 0 Å². The maximum absolute atomic E-state index is 12.1. The molecule has 1 aromatic heterocycles. The van der Waals surface area contributed by atoms with Gasteiger partial charge in [-0.25, -0.2) is 4.79 Å². The molecule has 2 aromatic rings. The Morgan fingerprint density at radius 3 is 2.74 bits per heavy atom. The highest BCUT2D eigenvalue weighted by Gasteiger charge is 2.24. The largest absolute Gasteiger partial charge is 0.486 e. The second-order valence-corrected chi connectivity index (χ2v) is 5.86. The molecular weight excluding hydrogens is 366 g/mol. The van der Waals surface area contributed by atoms with E-state index < -0.39 is 17.9 Å². The van der Waals surface area contributed by atoms with Crippen molar-refractivity contribution in [1.82, 2.24) is 4.90 Å². The number of carbonyl (C=O) groups is 2. The number of hydrogen-bond acceptors (Lipinski definition) is 4. The van der Waals surface area contributed by atoms with E-state index in [1.165, 1.54) is 20.0 Å². The number of nitrogens with zero attached hydrogens (tertiary/aromatic N) is 1. The molecule has 1 atom stereocenters. The van der Waals surface area contributed by atoms with Crippen molar-refractivity contribution in [2.75, 3.05) is 7.05 Å². The molecule has 0 radical (unpaired) electrons. The van der Waals surface area contributed by atoms with Gasteiger partial charge in [0.2, 0.25) is 0 Å². The van der Waals surface area contributed by atoms with Crippen molar-refractivity contribution >= 4 is 27.8 Å². The lowest BCUT2D eigenvalue weighted by Gasteiger charge is -2.19. The Kier molecular flexibility index (Phi) is 5.44. The summed E-state index contributed by atoms with van der Waals surface area (Å²) in [7, 11) is 1.42. The summed E-state index contributed by atoms with van der Waals surface area (Å²) >= 11 is 3.35. The van der Waals surface area contributed by atoms with E-state index in [1.807, 2.05) is 24.3 Å². The highest BCUT2D eigenvalue weighted by molar-refractivity contribution is 9.10. The molecule has 6 nitrogen and oxygen atoms in total. The summed E-state index contributed by atoms with van der Waals surface area (Å²) in [6.07, 6.45) is 0. The summed E-state index contributed by atoms with van der Waals surface area (Å²) in [6, 6.07) is 9.56. The van der Waals surface area contributed by atoms with Crippen molar-refractivity contribution in [3.05, 3.63) is 52.4 Å². The van der Waals surface area contributed by atoms with Crippen molar-refractivity contribution in [3.63, 3.8) is 0 Å². The van der Waals surface area contributed by atoms with Crippen LogP contribution >= 0.6 is 15.9 Å². The van der Waals surface area contributed by atoms with Gasteiger partial charge >= 0.3 is 5.97 Å². The first-order chi connectivity index (χ1) is 10.9. The number of benzene rings is 1. The molecule has 1 aromatic carbocycles. The van der Waals surface area contributed by atoms with E-state index in [9.17, 15) is 9.59 Å². The Balaban J connectivity index is 2.00. The monoisotopic (exact) mass is 381 g/mol. The SMILES string of the molecule is CC(C(=O)O)N(C)C(=O)c1ccc(COc2cccc(Br)c2)o1. The number of ether oxygens (including phenoxy) is 1. The van der Waals surface area contributed by atoms with Gasteiger partial charge in [0, 0.05) is 11.5 Å². The van der Waals surface area contributed by atoms with Gasteiger partial charge in [-0.2, -0.15) is 0 Å². The zero-order valence-corrected chi connectivity index (χ0v) is 14.2. The van der Waals surface area contributed by atoms with Gasteiger partial charge in [-0.15, -0.1) is 0 Å². The molecule has 23 heavy (non-hydrogen) atoms. The summed E-state index contributed by atoms with van der Waals surface area (Å²) in [6.45, 7) is 1.60. The molecule has 0 aliphatic heterocycles. The number of carbonyl (C=O) groups excluding carboxylic acids is 1. The van der Waals surface area contributed by atoms with E-state index >= 15 is 0 Å². The first-order valence-corrected chi connectivity index (χ1v) is 7.65. The Morgan fingerprint density at radius 1 is 1.35 bits per heavy atom. The quantitative estimate of drug-likeness (QED) is 0.830. The molecule has 0 saturated heterocycles. The van der Waals surface area contributed by atoms with Crippen LogP contribution in [0, 0.1) is 0 Å². The van der Waals surface area contributed by atoms with Crippen LogP contribution in [0.3, 0.4) is 0 Å². The maximum Gasteiger partial charge on any atom is 0.326 e. The number of amides is 1. The van der Waals surface area contributed by atoms with Crippen LogP contribution in [-0.2, 0) is 11.4 Å². The van der Waals surface area contributed by atoms with Crippen LogP contribution in [0.1, 0.15) is 23.2 Å². The number of furan rings is 1. The molecule has 0 fully saturated rings. The number of rotatable bonds is 6. The van der Waals surface area contributed by atoms with E-state index in [-0.39, 0.29) is 12.4 Å². The van der Waals surface area contributed by atoms with Crippen molar-refractivity contribution in [1.29, 1.82) is 0 Å². The van der Waals surface area contributed by atoms with Crippen LogP contribution < -0.4 is 4.74 Å². The number of carboxylic acids is 1. The average molecular weight is 382 g/mol. The molecular formula is C16H16BrNO5. The van der Waals surface area contributed by atoms with Crippen molar-refractivity contribution in [2.45, 2.75) is 19.6 Å². The van der Waals surface area contributed by atoms with E-state index in [0.717, 1.165) is 9.37 Å². The van der Waals surface area contributed by atoms with Gasteiger partial charge < -0.3 is 19.2 Å². The number of hydrogen-bond donors (Lipinski definition) is 1. The van der Waals surface area contributed by atoms with Crippen LogP contribution in [0.4, 0.5) is 0 Å². The van der Waals surface area contributed by atoms with Crippen LogP contribution in [-0.4, -0.2) is 35.0 Å². The second kappa shape index (κ2) is 7.32. The van der Waals surface area contributed by atoms with Crippen LogP contribution in [0.25, 0.3) is 0 Å². The number of carboxylic acid groups (broad SMARTS) is 1. The van der Waals surface area contributed by atoms with Gasteiger partial charge in [0.25, 0.3) is 5.91 Å². The normalized spacial score (nSPS) is 11.8. The number of likely N-dealkylation sites (N-methyl/N-ethyl adjacent to an activating group) is 1. The zero-order valence-electron chi connectivity index (χ0n) is 12.7. The molecule has 1 amide bonds. The Hall–Kier alpha value is -2.28. The molecule has 122 valence electrons. The van der Waals surface area contributed by atoms with Gasteiger partial charge in [0.1, 0.15) is 24.2 Å². The molecule has 0 aliphatic rings. The fourth-order valence-electron chi connectivity index (χ4n) is 1.80. The lowest BCUT2D eigenvalue weighted by atomic mass is 10.3. The topological polar surface area (TPSA) is 80.0 Å². The fourth-order valence-corrected chi connectivity index (χ4v) is 2.18. The number of aliphatic carboxylic acids is 1. The van der Waals surface area contributed by atoms with Gasteiger partial charge in [-0.1, -0.05) is 22.0 Å². The van der Waals surface area contributed by atoms with Crippen molar-refractivity contribution in [2.24, 2.45) is 0 Å². The smallest absolute Gasteiger partial charge is 0.326 e. The minimum atomic E-state index is -1.08. The van der Waals surface area contributed by atoms with Crippen LogP contribution in [0.15, 0.2) is 45.3 Å². The zero-order chi connectivity index (χ0) is 17.0. The van der Waals surface area contributed by atoms with Crippen molar-refractivity contribution in [3.8, 4) is 5.75 Å². The van der Waals surface area contributed by atoms with Crippen LogP contribution in [0.5, 0.6) is 5.75 Å². The minimum Gasteiger partial charge on any atom is -0.486 e. The predicted octanol–water partition coefficient (Wildman–Crippen LogP) is 3.17. The summed E-state index contributed by atoms with van der Waals surface area (Å²) in [5.74, 6) is -0.349. The maximum atomic E-state index is 12.1. The molecule has 7 heteroatoms. The lowest BCUT2D eigenvalue weighted by Crippen LogP contribution is -2.40. The summed E-state index contributed by atoms with van der Waals surface area (Å²) in [4.78, 5) is 24.2. The molecule has 1 unspecified atom stereocenters. The van der Waals surface area contributed by atoms with Crippen molar-refractivity contribution < 1.29 is 23.8 Å². The highest BCUT2D eigenvalue weighted by Crippen LogP contribution is 2.20. The highest BCUT2D eigenvalue weighted by atomic mass is 79.9. The lowest BCUT2D eigenvalue weighted by molar-refractivity contribution is -0.141. The molecule has 1 heterocycles. The van der Waals surface area contributed by atoms with Gasteiger partial charge in [-0.3, -0.25) is 4.79 Å². The first kappa shape index (κ1) is 17.1. The third-order valence-electron chi connectivity index (χ3n) is 3.31. The average Bonchev–Trinajstić information content (AvgIpc) is 2.99. The van der Waals surface area contributed by atoms with Gasteiger partial charge in [-0.05, 0) is 37.3 Å². The first-order valence-electron chi connectivity index (χ1n) is 6.85. The molecule has 2 rings (SSSR count). The summed E-state index contributed by atoms with van der Waals surface area (Å²) in [5, 5.41) is 8.94. The van der Waals surface area contributed by atoms with E-state index in [2.05, 4.69) is 15.9 Å². The summed E-state index contributed by atoms with van der Waals surface area (Å²) < 4.78 is 11.9. The van der Waals surface area contributed by atoms with Gasteiger partial charge in [0.15, 0.2) is 5.76 Å². The molecule has 0 bridgehead atoms. The molecule has 1 N–H and O–H groups in total. The second-order valence-electron chi connectivity index (χ2n) is 4.94. The summed E-state index contributed by atoms with van der Waals surface area (Å²) in [5.41, 5.74) is 0. The van der Waals surface area contributed by atoms with E-state index in [1.54, 1.807) is 6.07 Å². The van der Waals surface area contributed by atoms with Gasteiger partial charge in [0.05, 0.1) is 0 Å². The van der Waals surface area contributed by atoms with E-state index in [0.29, 0.717) is 11.5 Å². The fraction of sp³-hybridized carbons (Fsp3) is 0.250.